The molecule has 0 N–H and O–H groups in total. The van der Waals surface area contributed by atoms with Gasteiger partial charge in [0.15, 0.2) is 11.4 Å². The first kappa shape index (κ1) is 17.9. The number of ketones is 1. The molecule has 0 unspecified atom stereocenters. The molecule has 7 heteroatoms. The maximum Gasteiger partial charge on any atom is 0.264 e. The molecule has 4 rings (SSSR count). The summed E-state index contributed by atoms with van der Waals surface area (Å²) in [5.74, 6) is -0.125. The molecule has 0 aliphatic carbocycles. The number of rotatable bonds is 4. The summed E-state index contributed by atoms with van der Waals surface area (Å²) < 4.78 is 4.96. The maximum atomic E-state index is 13.0. The van der Waals surface area contributed by atoms with Gasteiger partial charge in [0, 0.05) is 29.7 Å². The van der Waals surface area contributed by atoms with Crippen LogP contribution < -0.4 is 5.56 Å². The molecule has 0 fully saturated rings. The molecule has 0 aliphatic heterocycles. The lowest BCUT2D eigenvalue weighted by atomic mass is 10.1. The Morgan fingerprint density at radius 3 is 2.64 bits per heavy atom. The van der Waals surface area contributed by atoms with Gasteiger partial charge < -0.3 is 4.57 Å². The van der Waals surface area contributed by atoms with E-state index in [1.54, 1.807) is 11.7 Å². The Labute approximate surface area is 161 Å². The van der Waals surface area contributed by atoms with E-state index < -0.39 is 0 Å². The standard InChI is InChI=1S/C21H21N5O2/c1-13-7-5-6-8-18(13)26-14(2)9-16(15(26)3)19(27)11-25-12-22-20-17(21(25)28)10-23-24(20)4/h5-10,12H,11H2,1-4H3. The molecule has 0 amide bonds. The molecule has 0 radical (unpaired) electrons. The monoisotopic (exact) mass is 375 g/mol. The van der Waals surface area contributed by atoms with E-state index >= 15 is 0 Å². The third-order valence-corrected chi connectivity index (χ3v) is 5.12. The molecule has 0 saturated heterocycles. The zero-order valence-electron chi connectivity index (χ0n) is 16.3. The fraction of sp³-hybridized carbons (Fsp3) is 0.238. The van der Waals surface area contributed by atoms with Crippen molar-refractivity contribution in [3.8, 4) is 5.69 Å². The van der Waals surface area contributed by atoms with Crippen LogP contribution in [0.15, 0.2) is 47.7 Å². The van der Waals surface area contributed by atoms with E-state index in [9.17, 15) is 9.59 Å². The highest BCUT2D eigenvalue weighted by Gasteiger charge is 2.19. The van der Waals surface area contributed by atoms with Crippen LogP contribution in [0.5, 0.6) is 0 Å². The third kappa shape index (κ3) is 2.76. The number of aryl methyl sites for hydroxylation is 3. The first-order chi connectivity index (χ1) is 13.4. The number of para-hydroxylation sites is 1. The lowest BCUT2D eigenvalue weighted by Gasteiger charge is -2.12. The van der Waals surface area contributed by atoms with E-state index in [1.165, 1.54) is 17.1 Å². The Morgan fingerprint density at radius 1 is 1.14 bits per heavy atom. The SMILES string of the molecule is Cc1ccccc1-n1c(C)cc(C(=O)Cn2cnc3c(cnn3C)c2=O)c1C. The number of Topliss-reactive ketones (excluding diaryl/α,β-unsaturated/α-hetero) is 1. The topological polar surface area (TPSA) is 74.7 Å². The number of hydrogen-bond acceptors (Lipinski definition) is 4. The molecule has 1 aromatic carbocycles. The highest BCUT2D eigenvalue weighted by Crippen LogP contribution is 2.23. The minimum Gasteiger partial charge on any atom is -0.317 e. The van der Waals surface area contributed by atoms with Gasteiger partial charge in [-0.05, 0) is 38.5 Å². The van der Waals surface area contributed by atoms with Crippen LogP contribution in [0, 0.1) is 20.8 Å². The van der Waals surface area contributed by atoms with Crippen molar-refractivity contribution in [2.45, 2.75) is 27.3 Å². The summed E-state index contributed by atoms with van der Waals surface area (Å²) in [5.41, 5.74) is 4.87. The Hall–Kier alpha value is -3.48. The van der Waals surface area contributed by atoms with Crippen LogP contribution in [0.25, 0.3) is 16.7 Å². The number of carbonyl (C=O) groups is 1. The first-order valence-electron chi connectivity index (χ1n) is 9.03. The first-order valence-corrected chi connectivity index (χ1v) is 9.03. The molecule has 0 atom stereocenters. The maximum absolute atomic E-state index is 13.0. The van der Waals surface area contributed by atoms with Gasteiger partial charge in [0.25, 0.3) is 5.56 Å². The number of carbonyl (C=O) groups excluding carboxylic acids is 1. The van der Waals surface area contributed by atoms with Gasteiger partial charge >= 0.3 is 0 Å². The number of hydrogen-bond donors (Lipinski definition) is 0. The van der Waals surface area contributed by atoms with Crippen LogP contribution in [0.3, 0.4) is 0 Å². The molecule has 0 saturated carbocycles. The lowest BCUT2D eigenvalue weighted by Crippen LogP contribution is -2.24. The molecule has 28 heavy (non-hydrogen) atoms. The molecule has 3 heterocycles. The quantitative estimate of drug-likeness (QED) is 0.514. The fourth-order valence-corrected chi connectivity index (χ4v) is 3.65. The van der Waals surface area contributed by atoms with Crippen LogP contribution in [0.2, 0.25) is 0 Å². The van der Waals surface area contributed by atoms with Crippen molar-refractivity contribution in [3.05, 3.63) is 75.7 Å². The molecular formula is C21H21N5O2. The van der Waals surface area contributed by atoms with Gasteiger partial charge in [-0.25, -0.2) is 4.98 Å². The van der Waals surface area contributed by atoms with Crippen LogP contribution in [0.1, 0.15) is 27.3 Å². The zero-order valence-corrected chi connectivity index (χ0v) is 16.3. The van der Waals surface area contributed by atoms with Crippen molar-refractivity contribution in [3.63, 3.8) is 0 Å². The van der Waals surface area contributed by atoms with E-state index in [0.29, 0.717) is 16.6 Å². The Balaban J connectivity index is 1.72. The smallest absolute Gasteiger partial charge is 0.264 e. The fourth-order valence-electron chi connectivity index (χ4n) is 3.65. The van der Waals surface area contributed by atoms with Crippen molar-refractivity contribution in [1.82, 2.24) is 23.9 Å². The average Bonchev–Trinajstić information content (AvgIpc) is 3.18. The lowest BCUT2D eigenvalue weighted by molar-refractivity contribution is 0.0970. The van der Waals surface area contributed by atoms with Crippen LogP contribution >= 0.6 is 0 Å². The molecule has 4 aromatic rings. The Bertz CT molecular complexity index is 1280. The number of benzene rings is 1. The summed E-state index contributed by atoms with van der Waals surface area (Å²) in [6.07, 6.45) is 2.89. The molecular weight excluding hydrogens is 354 g/mol. The minimum atomic E-state index is -0.265. The van der Waals surface area contributed by atoms with Crippen molar-refractivity contribution in [2.75, 3.05) is 0 Å². The molecule has 3 aromatic heterocycles. The van der Waals surface area contributed by atoms with Gasteiger partial charge in [0.05, 0.1) is 12.7 Å². The summed E-state index contributed by atoms with van der Waals surface area (Å²) in [4.78, 5) is 29.9. The molecule has 142 valence electrons. The molecule has 0 aliphatic rings. The van der Waals surface area contributed by atoms with Crippen molar-refractivity contribution < 1.29 is 4.79 Å². The van der Waals surface area contributed by atoms with Crippen LogP contribution in [0.4, 0.5) is 0 Å². The van der Waals surface area contributed by atoms with Gasteiger partial charge in [0.2, 0.25) is 0 Å². The summed E-state index contributed by atoms with van der Waals surface area (Å²) in [7, 11) is 1.73. The predicted octanol–water partition coefficient (Wildman–Crippen LogP) is 2.73. The Morgan fingerprint density at radius 2 is 1.89 bits per heavy atom. The molecule has 0 bridgehead atoms. The van der Waals surface area contributed by atoms with Gasteiger partial charge in [-0.3, -0.25) is 18.8 Å². The molecule has 7 nitrogen and oxygen atoms in total. The van der Waals surface area contributed by atoms with Gasteiger partial charge in [-0.1, -0.05) is 18.2 Å². The van der Waals surface area contributed by atoms with Crippen LogP contribution in [-0.2, 0) is 13.6 Å². The number of fused-ring (bicyclic) bond motifs is 1. The van der Waals surface area contributed by atoms with Crippen LogP contribution in [-0.4, -0.2) is 29.7 Å². The third-order valence-electron chi connectivity index (χ3n) is 5.12. The largest absolute Gasteiger partial charge is 0.317 e. The van der Waals surface area contributed by atoms with Gasteiger partial charge in [-0.2, -0.15) is 5.10 Å². The normalized spacial score (nSPS) is 11.3. The van der Waals surface area contributed by atoms with Crippen molar-refractivity contribution in [2.24, 2.45) is 7.05 Å². The number of nitrogens with zero attached hydrogens (tertiary/aromatic N) is 5. The summed E-state index contributed by atoms with van der Waals surface area (Å²) in [6, 6.07) is 9.94. The number of aromatic nitrogens is 5. The van der Waals surface area contributed by atoms with Crippen molar-refractivity contribution in [1.29, 1.82) is 0 Å². The summed E-state index contributed by atoms with van der Waals surface area (Å²) in [6.45, 7) is 5.89. The second kappa shape index (κ2) is 6.60. The van der Waals surface area contributed by atoms with Crippen molar-refractivity contribution >= 4 is 16.8 Å². The average molecular weight is 375 g/mol. The van der Waals surface area contributed by atoms with E-state index in [-0.39, 0.29) is 17.9 Å². The van der Waals surface area contributed by atoms with E-state index in [0.717, 1.165) is 22.6 Å². The minimum absolute atomic E-state index is 0.0608. The van der Waals surface area contributed by atoms with E-state index in [1.807, 2.05) is 51.1 Å². The highest BCUT2D eigenvalue weighted by atomic mass is 16.1. The molecule has 0 spiro atoms. The van der Waals surface area contributed by atoms with Gasteiger partial charge in [-0.15, -0.1) is 0 Å². The highest BCUT2D eigenvalue weighted by molar-refractivity contribution is 5.97. The van der Waals surface area contributed by atoms with Gasteiger partial charge in [0.1, 0.15) is 11.7 Å². The second-order valence-corrected chi connectivity index (χ2v) is 7.01. The Kier molecular flexibility index (Phi) is 4.22. The van der Waals surface area contributed by atoms with E-state index in [2.05, 4.69) is 14.6 Å². The second-order valence-electron chi connectivity index (χ2n) is 7.01. The summed E-state index contributed by atoms with van der Waals surface area (Å²) in [5, 5.41) is 4.46. The zero-order chi connectivity index (χ0) is 20.0. The van der Waals surface area contributed by atoms with E-state index in [4.69, 9.17) is 0 Å². The predicted molar refractivity (Wildman–Crippen MR) is 107 cm³/mol. The summed E-state index contributed by atoms with van der Waals surface area (Å²) >= 11 is 0.